The van der Waals surface area contributed by atoms with Crippen LogP contribution in [0, 0.1) is 0 Å². The summed E-state index contributed by atoms with van der Waals surface area (Å²) in [5.74, 6) is 0.0965. The van der Waals surface area contributed by atoms with Gasteiger partial charge in [-0.25, -0.2) is 0 Å². The molecule has 0 atom stereocenters. The number of hydrogen-bond donors (Lipinski definition) is 1. The lowest BCUT2D eigenvalue weighted by Gasteiger charge is -2.23. The fraction of sp³-hybridized carbons (Fsp3) is 0.500. The summed E-state index contributed by atoms with van der Waals surface area (Å²) in [6.45, 7) is 10.4. The summed E-state index contributed by atoms with van der Waals surface area (Å²) in [5.41, 5.74) is 2.99. The van der Waals surface area contributed by atoms with E-state index in [4.69, 9.17) is 0 Å². The number of fused-ring (bicyclic) bond motifs is 1. The zero-order chi connectivity index (χ0) is 12.1. The maximum absolute atomic E-state index is 11.9. The van der Waals surface area contributed by atoms with Gasteiger partial charge in [0.15, 0.2) is 0 Å². The summed E-state index contributed by atoms with van der Waals surface area (Å²) < 4.78 is 0. The second-order valence-corrected chi connectivity index (χ2v) is 6.06. The van der Waals surface area contributed by atoms with Crippen LogP contribution in [0.5, 0.6) is 0 Å². The van der Waals surface area contributed by atoms with Gasteiger partial charge < -0.3 is 5.32 Å². The Hall–Kier alpha value is -1.31. The maximum atomic E-state index is 11.9. The molecule has 1 aliphatic rings. The van der Waals surface area contributed by atoms with Crippen LogP contribution in [0.2, 0.25) is 0 Å². The zero-order valence-corrected chi connectivity index (χ0v) is 10.6. The number of rotatable bonds is 0. The molecule has 1 amide bonds. The van der Waals surface area contributed by atoms with Crippen molar-refractivity contribution in [2.24, 2.45) is 0 Å². The van der Waals surface area contributed by atoms with Crippen molar-refractivity contribution in [3.8, 4) is 0 Å². The Morgan fingerprint density at radius 2 is 1.81 bits per heavy atom. The fourth-order valence-corrected chi connectivity index (χ4v) is 2.22. The Labute approximate surface area is 97.1 Å². The predicted molar refractivity (Wildman–Crippen MR) is 66.8 cm³/mol. The molecule has 0 saturated carbocycles. The fourth-order valence-electron chi connectivity index (χ4n) is 2.22. The second kappa shape index (κ2) is 3.09. The molecule has 0 unspecified atom stereocenters. The minimum Gasteiger partial charge on any atom is -0.325 e. The van der Waals surface area contributed by atoms with E-state index in [1.807, 2.05) is 26.0 Å². The van der Waals surface area contributed by atoms with Crippen LogP contribution in [-0.4, -0.2) is 5.91 Å². The van der Waals surface area contributed by atoms with Crippen molar-refractivity contribution in [3.05, 3.63) is 29.3 Å². The van der Waals surface area contributed by atoms with Crippen LogP contribution in [0.4, 0.5) is 5.69 Å². The maximum Gasteiger partial charge on any atom is 0.234 e. The van der Waals surface area contributed by atoms with Gasteiger partial charge in [-0.05, 0) is 30.4 Å². The summed E-state index contributed by atoms with van der Waals surface area (Å²) in [4.78, 5) is 11.9. The molecule has 16 heavy (non-hydrogen) atoms. The summed E-state index contributed by atoms with van der Waals surface area (Å²) in [5, 5.41) is 3.02. The standard InChI is InChI=1S/C14H19NO/c1-13(2,3)9-7-6-8-10-11(9)15-12(16)14(10,4)5/h6-8H,1-5H3,(H,15,16). The first kappa shape index (κ1) is 11.2. The average Bonchev–Trinajstić information content (AvgIpc) is 2.37. The van der Waals surface area contributed by atoms with Gasteiger partial charge in [-0.15, -0.1) is 0 Å². The van der Waals surface area contributed by atoms with Crippen LogP contribution in [0.3, 0.4) is 0 Å². The topological polar surface area (TPSA) is 29.1 Å². The lowest BCUT2D eigenvalue weighted by atomic mass is 9.80. The van der Waals surface area contributed by atoms with E-state index in [9.17, 15) is 4.79 Å². The zero-order valence-electron chi connectivity index (χ0n) is 10.6. The number of carbonyl (C=O) groups is 1. The highest BCUT2D eigenvalue weighted by atomic mass is 16.2. The normalized spacial score (nSPS) is 18.2. The molecule has 1 heterocycles. The van der Waals surface area contributed by atoms with Gasteiger partial charge in [0.05, 0.1) is 5.41 Å². The molecule has 2 heteroatoms. The molecule has 1 aliphatic heterocycles. The van der Waals surface area contributed by atoms with Crippen molar-refractivity contribution in [1.82, 2.24) is 0 Å². The van der Waals surface area contributed by atoms with Gasteiger partial charge in [0.25, 0.3) is 0 Å². The molecule has 2 rings (SSSR count). The highest BCUT2D eigenvalue weighted by Gasteiger charge is 2.40. The Morgan fingerprint density at radius 1 is 1.19 bits per heavy atom. The lowest BCUT2D eigenvalue weighted by Crippen LogP contribution is -2.26. The third-order valence-electron chi connectivity index (χ3n) is 3.35. The molecule has 0 aliphatic carbocycles. The molecule has 0 bridgehead atoms. The van der Waals surface area contributed by atoms with Crippen LogP contribution in [0.15, 0.2) is 18.2 Å². The van der Waals surface area contributed by atoms with Gasteiger partial charge in [-0.2, -0.15) is 0 Å². The van der Waals surface area contributed by atoms with E-state index >= 15 is 0 Å². The van der Waals surface area contributed by atoms with Gasteiger partial charge >= 0.3 is 0 Å². The van der Waals surface area contributed by atoms with Gasteiger partial charge in [0.2, 0.25) is 5.91 Å². The SMILES string of the molecule is CC(C)(C)c1cccc2c1NC(=O)C2(C)C. The number of amides is 1. The molecule has 2 nitrogen and oxygen atoms in total. The number of carbonyl (C=O) groups excluding carboxylic acids is 1. The highest BCUT2D eigenvalue weighted by molar-refractivity contribution is 6.06. The number of benzene rings is 1. The van der Waals surface area contributed by atoms with Gasteiger partial charge in [-0.3, -0.25) is 4.79 Å². The lowest BCUT2D eigenvalue weighted by molar-refractivity contribution is -0.119. The van der Waals surface area contributed by atoms with Crippen LogP contribution in [-0.2, 0) is 15.6 Å². The predicted octanol–water partition coefficient (Wildman–Crippen LogP) is 3.21. The minimum absolute atomic E-state index is 0.0546. The van der Waals surface area contributed by atoms with Crippen LogP contribution >= 0.6 is 0 Å². The van der Waals surface area contributed by atoms with E-state index < -0.39 is 5.41 Å². The van der Waals surface area contributed by atoms with Crippen LogP contribution < -0.4 is 5.32 Å². The van der Waals surface area contributed by atoms with E-state index in [1.165, 1.54) is 5.56 Å². The third-order valence-corrected chi connectivity index (χ3v) is 3.35. The molecule has 1 aromatic carbocycles. The highest BCUT2D eigenvalue weighted by Crippen LogP contribution is 2.42. The number of anilines is 1. The quantitative estimate of drug-likeness (QED) is 0.710. The number of hydrogen-bond acceptors (Lipinski definition) is 1. The molecular weight excluding hydrogens is 198 g/mol. The Morgan fingerprint density at radius 3 is 2.38 bits per heavy atom. The van der Waals surface area contributed by atoms with E-state index in [1.54, 1.807) is 0 Å². The first-order valence-corrected chi connectivity index (χ1v) is 5.70. The molecule has 0 aromatic heterocycles. The first-order chi connectivity index (χ1) is 7.24. The molecule has 0 saturated heterocycles. The monoisotopic (exact) mass is 217 g/mol. The van der Waals surface area contributed by atoms with E-state index in [0.717, 1.165) is 11.3 Å². The molecule has 86 valence electrons. The number of nitrogens with one attached hydrogen (secondary N) is 1. The van der Waals surface area contributed by atoms with Crippen molar-refractivity contribution < 1.29 is 4.79 Å². The molecule has 1 N–H and O–H groups in total. The molecule has 1 aromatic rings. The van der Waals surface area contributed by atoms with Crippen molar-refractivity contribution in [2.45, 2.75) is 45.4 Å². The van der Waals surface area contributed by atoms with Crippen molar-refractivity contribution >= 4 is 11.6 Å². The molecule has 0 spiro atoms. The Bertz CT molecular complexity index is 452. The van der Waals surface area contributed by atoms with Crippen molar-refractivity contribution in [1.29, 1.82) is 0 Å². The van der Waals surface area contributed by atoms with E-state index in [0.29, 0.717) is 0 Å². The van der Waals surface area contributed by atoms with Gasteiger partial charge in [-0.1, -0.05) is 39.0 Å². The number of para-hydroxylation sites is 1. The largest absolute Gasteiger partial charge is 0.325 e. The van der Waals surface area contributed by atoms with Crippen molar-refractivity contribution in [2.75, 3.05) is 5.32 Å². The Kier molecular flexibility index (Phi) is 2.16. The first-order valence-electron chi connectivity index (χ1n) is 5.70. The molecule has 0 radical (unpaired) electrons. The summed E-state index contributed by atoms with van der Waals surface area (Å²) in [6, 6.07) is 6.18. The summed E-state index contributed by atoms with van der Waals surface area (Å²) in [6.07, 6.45) is 0. The smallest absolute Gasteiger partial charge is 0.234 e. The summed E-state index contributed by atoms with van der Waals surface area (Å²) in [7, 11) is 0. The van der Waals surface area contributed by atoms with Crippen LogP contribution in [0.1, 0.15) is 45.7 Å². The summed E-state index contributed by atoms with van der Waals surface area (Å²) >= 11 is 0. The van der Waals surface area contributed by atoms with E-state index in [2.05, 4.69) is 32.2 Å². The third kappa shape index (κ3) is 1.44. The van der Waals surface area contributed by atoms with Gasteiger partial charge in [0.1, 0.15) is 0 Å². The average molecular weight is 217 g/mol. The molecular formula is C14H19NO. The van der Waals surface area contributed by atoms with E-state index in [-0.39, 0.29) is 11.3 Å². The van der Waals surface area contributed by atoms with Crippen molar-refractivity contribution in [3.63, 3.8) is 0 Å². The van der Waals surface area contributed by atoms with Crippen LogP contribution in [0.25, 0.3) is 0 Å². The molecule has 0 fully saturated rings. The minimum atomic E-state index is -0.406. The second-order valence-electron chi connectivity index (χ2n) is 6.06. The van der Waals surface area contributed by atoms with Gasteiger partial charge in [0, 0.05) is 5.69 Å². The Balaban J connectivity index is 2.66.